The van der Waals surface area contributed by atoms with Gasteiger partial charge in [0.15, 0.2) is 41.6 Å². The van der Waals surface area contributed by atoms with Crippen molar-refractivity contribution in [2.24, 2.45) is 11.8 Å². The van der Waals surface area contributed by atoms with Gasteiger partial charge in [-0.05, 0) is 38.8 Å². The van der Waals surface area contributed by atoms with Crippen LogP contribution in [-0.4, -0.2) is 57.5 Å². The molecule has 3 heterocycles. The number of allylic oxidation sites excluding steroid dienone is 6. The molecule has 5 aliphatic rings. The molecule has 0 spiro atoms. The number of ether oxygens (including phenoxy) is 4. The van der Waals surface area contributed by atoms with Gasteiger partial charge in [-0.15, -0.1) is 0 Å². The van der Waals surface area contributed by atoms with E-state index in [0.717, 1.165) is 0 Å². The van der Waals surface area contributed by atoms with Crippen molar-refractivity contribution < 1.29 is 48.3 Å². The number of esters is 1. The van der Waals surface area contributed by atoms with Crippen molar-refractivity contribution in [2.45, 2.75) is 50.6 Å². The summed E-state index contributed by atoms with van der Waals surface area (Å²) >= 11 is 0. The number of hydrogen-bond acceptors (Lipinski definition) is 11. The summed E-state index contributed by atoms with van der Waals surface area (Å²) in [5, 5.41) is 24.0. The number of benzene rings is 1. The second-order valence-electron chi connectivity index (χ2n) is 11.8. The van der Waals surface area contributed by atoms with E-state index in [9.17, 15) is 34.2 Å². The fourth-order valence-corrected chi connectivity index (χ4v) is 7.16. The zero-order valence-electron chi connectivity index (χ0n) is 24.8. The molecule has 2 aromatic rings. The van der Waals surface area contributed by atoms with Crippen molar-refractivity contribution in [3.63, 3.8) is 0 Å². The van der Waals surface area contributed by atoms with Gasteiger partial charge >= 0.3 is 5.97 Å². The lowest BCUT2D eigenvalue weighted by molar-refractivity contribution is -0.146. The highest BCUT2D eigenvalue weighted by Crippen LogP contribution is 2.61. The number of aromatic hydroxyl groups is 1. The number of aliphatic hydroxyl groups is 1. The molecule has 0 saturated carbocycles. The summed E-state index contributed by atoms with van der Waals surface area (Å²) in [6.45, 7) is 3.11. The zero-order valence-corrected chi connectivity index (χ0v) is 24.8. The Labute approximate surface area is 261 Å². The van der Waals surface area contributed by atoms with Gasteiger partial charge in [0, 0.05) is 28.5 Å². The number of hydrogen-bond donors (Lipinski definition) is 3. The number of pyridine rings is 1. The lowest BCUT2D eigenvalue weighted by atomic mass is 9.60. The largest absolute Gasteiger partial charge is 0.507 e. The molecule has 1 aromatic heterocycles. The van der Waals surface area contributed by atoms with Crippen molar-refractivity contribution in [1.29, 1.82) is 0 Å². The maximum Gasteiger partial charge on any atom is 0.331 e. The lowest BCUT2D eigenvalue weighted by Gasteiger charge is -2.48. The van der Waals surface area contributed by atoms with Crippen molar-refractivity contribution in [1.82, 2.24) is 4.98 Å². The molecular formula is C34H29NO11. The van der Waals surface area contributed by atoms with Gasteiger partial charge in [0.1, 0.15) is 17.4 Å². The number of aromatic nitrogens is 1. The lowest BCUT2D eigenvalue weighted by Crippen LogP contribution is -2.56. The molecule has 0 fully saturated rings. The number of aryl methyl sites for hydroxylation is 1. The van der Waals surface area contributed by atoms with Crippen LogP contribution in [0.5, 0.6) is 17.2 Å². The SMILES string of the molecule is C/C=C/C=C/C=C/C(=O)OC1C=CCC2C(=O)c3c(O)c4c5c(c3OC12)OCOC5CC1C(=O)c2cc(C)[nH]c(=O)c2C(=O)C41O. The van der Waals surface area contributed by atoms with Gasteiger partial charge in [0.05, 0.1) is 23.5 Å². The van der Waals surface area contributed by atoms with Crippen LogP contribution in [0.3, 0.4) is 0 Å². The zero-order chi connectivity index (χ0) is 32.5. The van der Waals surface area contributed by atoms with Gasteiger partial charge < -0.3 is 34.1 Å². The summed E-state index contributed by atoms with van der Waals surface area (Å²) in [4.78, 5) is 69.9. The normalized spacial score (nSPS) is 29.1. The quantitative estimate of drug-likeness (QED) is 0.196. The number of fused-ring (bicyclic) bond motifs is 6. The molecule has 7 rings (SSSR count). The molecule has 0 amide bonds. The fraction of sp³-hybridized carbons (Fsp3) is 0.324. The standard InChI is InChI=1S/C34H29NO11/c1-3-4-5-6-7-11-21(36)45-19-10-8-9-16-27(38)24-28(39)25-23-20(43-14-44-30(23)31(24)46-29(16)19)13-18-26(37)17-12-15(2)35-33(41)22(17)32(40)34(18,25)42/h3-8,10-12,16,18-20,29,39,42H,9,13-14H2,1-2H3,(H,35,41)/b4-3+,6-5+,11-7+. The molecule has 1 aromatic carbocycles. The average Bonchev–Trinajstić information content (AvgIpc) is 3.02. The van der Waals surface area contributed by atoms with Crippen LogP contribution in [0.15, 0.2) is 59.5 Å². The van der Waals surface area contributed by atoms with E-state index < -0.39 is 81.5 Å². The van der Waals surface area contributed by atoms with Crippen LogP contribution in [0.25, 0.3) is 0 Å². The Kier molecular flexibility index (Phi) is 6.94. The predicted molar refractivity (Wildman–Crippen MR) is 159 cm³/mol. The van der Waals surface area contributed by atoms with Crippen molar-refractivity contribution >= 4 is 23.3 Å². The topological polar surface area (TPSA) is 179 Å². The number of carbonyl (C=O) groups is 4. The van der Waals surface area contributed by atoms with Crippen LogP contribution in [0.1, 0.15) is 73.8 Å². The Bertz CT molecular complexity index is 1910. The van der Waals surface area contributed by atoms with E-state index in [0.29, 0.717) is 5.69 Å². The number of phenols is 1. The number of Topliss-reactive ketones (excluding diaryl/α,β-unsaturated/α-hetero) is 3. The van der Waals surface area contributed by atoms with E-state index in [-0.39, 0.29) is 47.8 Å². The molecular weight excluding hydrogens is 598 g/mol. The van der Waals surface area contributed by atoms with E-state index in [4.69, 9.17) is 18.9 Å². The van der Waals surface area contributed by atoms with Crippen LogP contribution in [0.2, 0.25) is 0 Å². The molecule has 3 aliphatic carbocycles. The van der Waals surface area contributed by atoms with Crippen molar-refractivity contribution in [3.8, 4) is 17.2 Å². The maximum absolute atomic E-state index is 14.1. The third-order valence-electron chi connectivity index (χ3n) is 9.16. The Morgan fingerprint density at radius 1 is 1.09 bits per heavy atom. The highest BCUT2D eigenvalue weighted by atomic mass is 16.7. The van der Waals surface area contributed by atoms with Crippen molar-refractivity contribution in [3.05, 3.63) is 98.5 Å². The number of nitrogens with one attached hydrogen (secondary N) is 1. The average molecular weight is 628 g/mol. The second kappa shape index (κ2) is 10.8. The third kappa shape index (κ3) is 4.17. The minimum Gasteiger partial charge on any atom is -0.507 e. The Balaban J connectivity index is 1.33. The van der Waals surface area contributed by atoms with E-state index in [1.54, 1.807) is 37.3 Å². The summed E-state index contributed by atoms with van der Waals surface area (Å²) in [7, 11) is 0. The first kappa shape index (κ1) is 29.6. The van der Waals surface area contributed by atoms with Gasteiger partial charge in [-0.1, -0.05) is 36.5 Å². The molecule has 0 saturated heterocycles. The number of phenolic OH excluding ortho intramolecular Hbond substituents is 1. The molecule has 0 bridgehead atoms. The van der Waals surface area contributed by atoms with Crippen LogP contribution in [0, 0.1) is 18.8 Å². The third-order valence-corrected chi connectivity index (χ3v) is 9.16. The number of aromatic amines is 1. The van der Waals surface area contributed by atoms with Gasteiger partial charge in [-0.2, -0.15) is 0 Å². The minimum atomic E-state index is -2.70. The molecule has 12 nitrogen and oxygen atoms in total. The van der Waals surface area contributed by atoms with Crippen LogP contribution < -0.4 is 15.0 Å². The molecule has 236 valence electrons. The van der Waals surface area contributed by atoms with Gasteiger partial charge in [-0.3, -0.25) is 19.2 Å². The Morgan fingerprint density at radius 3 is 2.65 bits per heavy atom. The molecule has 6 atom stereocenters. The smallest absolute Gasteiger partial charge is 0.331 e. The molecule has 6 unspecified atom stereocenters. The maximum atomic E-state index is 14.1. The number of H-pyrrole nitrogens is 1. The first-order chi connectivity index (χ1) is 22.1. The monoisotopic (exact) mass is 627 g/mol. The second-order valence-corrected chi connectivity index (χ2v) is 11.8. The highest BCUT2D eigenvalue weighted by Gasteiger charge is 2.63. The van der Waals surface area contributed by atoms with E-state index in [1.807, 2.05) is 13.0 Å². The fourth-order valence-electron chi connectivity index (χ4n) is 7.16. The summed E-state index contributed by atoms with van der Waals surface area (Å²) in [6, 6.07) is 1.38. The minimum absolute atomic E-state index is 0.0383. The number of ketones is 3. The molecule has 12 heteroatoms. The Morgan fingerprint density at radius 2 is 1.87 bits per heavy atom. The van der Waals surface area contributed by atoms with E-state index in [1.165, 1.54) is 18.2 Å². The first-order valence-corrected chi connectivity index (χ1v) is 14.8. The summed E-state index contributed by atoms with van der Waals surface area (Å²) < 4.78 is 23.5. The summed E-state index contributed by atoms with van der Waals surface area (Å²) in [6.07, 6.45) is 10.2. The summed E-state index contributed by atoms with van der Waals surface area (Å²) in [5.74, 6) is -6.31. The van der Waals surface area contributed by atoms with E-state index >= 15 is 0 Å². The molecule has 46 heavy (non-hydrogen) atoms. The van der Waals surface area contributed by atoms with Gasteiger partial charge in [0.2, 0.25) is 5.78 Å². The van der Waals surface area contributed by atoms with Crippen LogP contribution >= 0.6 is 0 Å². The number of carbonyl (C=O) groups excluding carboxylic acids is 4. The van der Waals surface area contributed by atoms with E-state index in [2.05, 4.69) is 4.98 Å². The predicted octanol–water partition coefficient (Wildman–Crippen LogP) is 3.20. The van der Waals surface area contributed by atoms with Crippen molar-refractivity contribution in [2.75, 3.05) is 6.79 Å². The molecule has 3 N–H and O–H groups in total. The molecule has 2 aliphatic heterocycles. The molecule has 0 radical (unpaired) electrons. The Hall–Kier alpha value is -5.07. The number of rotatable bonds is 4. The first-order valence-electron chi connectivity index (χ1n) is 14.8. The van der Waals surface area contributed by atoms with Crippen LogP contribution in [0.4, 0.5) is 0 Å². The van der Waals surface area contributed by atoms with Gasteiger partial charge in [0.25, 0.3) is 5.56 Å². The highest BCUT2D eigenvalue weighted by molar-refractivity contribution is 6.20. The summed E-state index contributed by atoms with van der Waals surface area (Å²) in [5.41, 5.74) is -4.60. The van der Waals surface area contributed by atoms with Crippen LogP contribution in [-0.2, 0) is 19.9 Å². The van der Waals surface area contributed by atoms with Gasteiger partial charge in [-0.25, -0.2) is 4.79 Å².